The van der Waals surface area contributed by atoms with Crippen molar-refractivity contribution >= 4 is 17.3 Å². The molecule has 2 aromatic rings. The molecule has 0 radical (unpaired) electrons. The summed E-state index contributed by atoms with van der Waals surface area (Å²) in [6.45, 7) is 3.22. The van der Waals surface area contributed by atoms with E-state index in [1.165, 1.54) is 38.5 Å². The smallest absolute Gasteiger partial charge is 0.253 e. The fourth-order valence-corrected chi connectivity index (χ4v) is 7.29. The van der Waals surface area contributed by atoms with Crippen LogP contribution in [0.1, 0.15) is 54.6 Å². The number of fused-ring (bicyclic) bond motifs is 1. The summed E-state index contributed by atoms with van der Waals surface area (Å²) in [5.41, 5.74) is 2.41. The topological polar surface area (TPSA) is 75.9 Å². The molecule has 4 saturated carbocycles. The molecule has 3 heterocycles. The molecule has 0 aromatic carbocycles. The van der Waals surface area contributed by atoms with Crippen LogP contribution in [0.2, 0.25) is 0 Å². The van der Waals surface area contributed by atoms with Crippen molar-refractivity contribution < 1.29 is 14.3 Å². The third kappa shape index (κ3) is 3.70. The number of morpholine rings is 1. The molecule has 4 bridgehead atoms. The Kier molecular flexibility index (Phi) is 4.97. The minimum Gasteiger partial charge on any atom is -0.378 e. The highest BCUT2D eigenvalue weighted by molar-refractivity contribution is 6.00. The van der Waals surface area contributed by atoms with Crippen LogP contribution in [-0.4, -0.2) is 59.2 Å². The molecule has 2 aromatic heterocycles. The van der Waals surface area contributed by atoms with Gasteiger partial charge in [0.1, 0.15) is 0 Å². The summed E-state index contributed by atoms with van der Waals surface area (Å²) in [7, 11) is 0. The van der Waals surface area contributed by atoms with Crippen molar-refractivity contribution in [1.82, 2.24) is 19.8 Å². The van der Waals surface area contributed by atoms with Crippen LogP contribution < -0.4 is 5.32 Å². The third-order valence-corrected chi connectivity index (χ3v) is 8.28. The third-order valence-electron chi connectivity index (χ3n) is 8.28. The van der Waals surface area contributed by atoms with E-state index in [1.807, 2.05) is 29.3 Å². The maximum atomic E-state index is 13.2. The van der Waals surface area contributed by atoms with E-state index in [0.29, 0.717) is 43.0 Å². The summed E-state index contributed by atoms with van der Waals surface area (Å²) >= 11 is 0. The van der Waals surface area contributed by atoms with Gasteiger partial charge < -0.3 is 15.0 Å². The Bertz CT molecular complexity index is 1000. The van der Waals surface area contributed by atoms with Crippen molar-refractivity contribution in [2.45, 2.75) is 44.9 Å². The fraction of sp³-hybridized carbons (Fsp3) is 0.640. The van der Waals surface area contributed by atoms with Crippen molar-refractivity contribution in [1.29, 1.82) is 0 Å². The monoisotopic (exact) mass is 436 g/mol. The van der Waals surface area contributed by atoms with Crippen LogP contribution >= 0.6 is 0 Å². The second kappa shape index (κ2) is 7.87. The Morgan fingerprint density at radius 3 is 2.47 bits per heavy atom. The van der Waals surface area contributed by atoms with Gasteiger partial charge in [-0.15, -0.1) is 0 Å². The molecule has 170 valence electrons. The Morgan fingerprint density at radius 2 is 1.78 bits per heavy atom. The Morgan fingerprint density at radius 1 is 1.09 bits per heavy atom. The van der Waals surface area contributed by atoms with Crippen molar-refractivity contribution in [3.63, 3.8) is 0 Å². The number of pyridine rings is 1. The molecule has 1 saturated heterocycles. The number of rotatable bonds is 5. The van der Waals surface area contributed by atoms with Crippen LogP contribution in [0.25, 0.3) is 5.52 Å². The van der Waals surface area contributed by atoms with Gasteiger partial charge in [0, 0.05) is 25.8 Å². The van der Waals surface area contributed by atoms with Crippen molar-refractivity contribution in [3.05, 3.63) is 35.7 Å². The lowest BCUT2D eigenvalue weighted by molar-refractivity contribution is -0.134. The van der Waals surface area contributed by atoms with E-state index in [0.717, 1.165) is 29.8 Å². The van der Waals surface area contributed by atoms with Crippen LogP contribution in [0.5, 0.6) is 0 Å². The van der Waals surface area contributed by atoms with Crippen molar-refractivity contribution in [3.8, 4) is 0 Å². The highest BCUT2D eigenvalue weighted by atomic mass is 16.5. The van der Waals surface area contributed by atoms with Gasteiger partial charge in [-0.1, -0.05) is 0 Å². The molecule has 0 atom stereocenters. The number of carbonyl (C=O) groups excluding carboxylic acids is 2. The fourth-order valence-electron chi connectivity index (χ4n) is 7.29. The van der Waals surface area contributed by atoms with Gasteiger partial charge >= 0.3 is 0 Å². The van der Waals surface area contributed by atoms with Gasteiger partial charge in [0.25, 0.3) is 5.91 Å². The standard InChI is InChI=1S/C25H32N4O3/c30-23(28-4-6-32-7-5-28)12-20-11-22-21(2-1-3-29(22)27-20)24(31)26-16-25-13-17-8-18(14-25)10-19(9-17)15-25/h1-3,11,17-19H,4-10,12-16H2,(H,26,31). The number of amides is 2. The quantitative estimate of drug-likeness (QED) is 0.782. The first-order chi connectivity index (χ1) is 15.6. The minimum absolute atomic E-state index is 0.0303. The number of hydrogen-bond acceptors (Lipinski definition) is 4. The summed E-state index contributed by atoms with van der Waals surface area (Å²) in [6, 6.07) is 5.60. The number of hydrogen-bond donors (Lipinski definition) is 1. The molecule has 4 aliphatic carbocycles. The first-order valence-corrected chi connectivity index (χ1v) is 12.2. The van der Waals surface area contributed by atoms with Gasteiger partial charge in [0.15, 0.2) is 0 Å². The van der Waals surface area contributed by atoms with Gasteiger partial charge in [0.2, 0.25) is 5.91 Å². The molecule has 7 rings (SSSR count). The predicted octanol–water partition coefficient (Wildman–Crippen LogP) is 2.68. The predicted molar refractivity (Wildman–Crippen MR) is 119 cm³/mol. The van der Waals surface area contributed by atoms with E-state index in [-0.39, 0.29) is 18.2 Å². The van der Waals surface area contributed by atoms with Crippen LogP contribution in [0, 0.1) is 23.2 Å². The van der Waals surface area contributed by atoms with E-state index in [1.54, 1.807) is 4.52 Å². The molecule has 5 fully saturated rings. The van der Waals surface area contributed by atoms with E-state index in [9.17, 15) is 9.59 Å². The van der Waals surface area contributed by atoms with Crippen molar-refractivity contribution in [2.24, 2.45) is 23.2 Å². The van der Waals surface area contributed by atoms with Crippen LogP contribution in [0.4, 0.5) is 0 Å². The minimum atomic E-state index is -0.0303. The zero-order valence-corrected chi connectivity index (χ0v) is 18.6. The van der Waals surface area contributed by atoms with Crippen LogP contribution in [-0.2, 0) is 16.0 Å². The first-order valence-electron chi connectivity index (χ1n) is 12.2. The summed E-state index contributed by atoms with van der Waals surface area (Å²) in [4.78, 5) is 27.6. The Hall–Kier alpha value is -2.41. The lowest BCUT2D eigenvalue weighted by Crippen LogP contribution is -2.51. The second-order valence-corrected chi connectivity index (χ2v) is 10.7. The lowest BCUT2D eigenvalue weighted by Gasteiger charge is -2.56. The van der Waals surface area contributed by atoms with E-state index < -0.39 is 0 Å². The zero-order chi connectivity index (χ0) is 21.7. The lowest BCUT2D eigenvalue weighted by atomic mass is 9.49. The second-order valence-electron chi connectivity index (χ2n) is 10.7. The molecule has 7 heteroatoms. The molecular weight excluding hydrogens is 404 g/mol. The molecule has 5 aliphatic rings. The Balaban J connectivity index is 1.16. The zero-order valence-electron chi connectivity index (χ0n) is 18.6. The van der Waals surface area contributed by atoms with Gasteiger partial charge in [0.05, 0.1) is 36.4 Å². The van der Waals surface area contributed by atoms with Gasteiger partial charge in [-0.3, -0.25) is 9.59 Å². The summed E-state index contributed by atoms with van der Waals surface area (Å²) < 4.78 is 7.06. The highest BCUT2D eigenvalue weighted by Gasteiger charge is 2.50. The molecule has 1 aliphatic heterocycles. The average Bonchev–Trinajstić information content (AvgIpc) is 3.19. The maximum absolute atomic E-state index is 13.2. The molecule has 0 unspecified atom stereocenters. The van der Waals surface area contributed by atoms with Crippen molar-refractivity contribution in [2.75, 3.05) is 32.8 Å². The summed E-state index contributed by atoms with van der Waals surface area (Å²) in [5.74, 6) is 2.66. The normalized spacial score (nSPS) is 31.2. The van der Waals surface area contributed by atoms with E-state index >= 15 is 0 Å². The highest BCUT2D eigenvalue weighted by Crippen LogP contribution is 2.59. The number of carbonyl (C=O) groups is 2. The largest absolute Gasteiger partial charge is 0.378 e. The molecule has 1 N–H and O–H groups in total. The Labute approximate surface area is 188 Å². The molecule has 32 heavy (non-hydrogen) atoms. The van der Waals surface area contributed by atoms with Gasteiger partial charge in [-0.25, -0.2) is 4.52 Å². The average molecular weight is 437 g/mol. The molecular formula is C25H32N4O3. The van der Waals surface area contributed by atoms with E-state index in [4.69, 9.17) is 4.74 Å². The molecule has 2 amide bonds. The molecule has 0 spiro atoms. The summed E-state index contributed by atoms with van der Waals surface area (Å²) in [5, 5.41) is 7.84. The number of ether oxygens (including phenoxy) is 1. The van der Waals surface area contributed by atoms with E-state index in [2.05, 4.69) is 10.4 Å². The number of nitrogens with zero attached hydrogens (tertiary/aromatic N) is 3. The van der Waals surface area contributed by atoms with Gasteiger partial charge in [-0.2, -0.15) is 5.10 Å². The first kappa shape index (κ1) is 20.2. The van der Waals surface area contributed by atoms with Crippen LogP contribution in [0.3, 0.4) is 0 Å². The SMILES string of the molecule is O=C(NCC12CC3CC(CC(C3)C1)C2)c1cccn2nc(CC(=O)N3CCOCC3)cc12. The summed E-state index contributed by atoms with van der Waals surface area (Å²) in [6.07, 6.45) is 10.2. The number of nitrogens with one attached hydrogen (secondary N) is 1. The van der Waals surface area contributed by atoms with Crippen LogP contribution in [0.15, 0.2) is 24.4 Å². The van der Waals surface area contributed by atoms with Gasteiger partial charge in [-0.05, 0) is 79.9 Å². The maximum Gasteiger partial charge on any atom is 0.253 e. The molecule has 7 nitrogen and oxygen atoms in total. The number of aromatic nitrogens is 2.